The van der Waals surface area contributed by atoms with Crippen LogP contribution in [0.15, 0.2) is 0 Å². The molecule has 4 heteroatoms. The van der Waals surface area contributed by atoms with Gasteiger partial charge in [-0.3, -0.25) is 0 Å². The van der Waals surface area contributed by atoms with E-state index in [0.717, 1.165) is 19.3 Å². The average molecular weight is 347 g/mol. The van der Waals surface area contributed by atoms with Crippen LogP contribution in [0.5, 0.6) is 0 Å². The van der Waals surface area contributed by atoms with Crippen LogP contribution in [0.1, 0.15) is 104 Å². The topological polar surface area (TPSA) is 92.5 Å². The van der Waals surface area contributed by atoms with Gasteiger partial charge in [0.15, 0.2) is 0 Å². The third-order valence-electron chi connectivity index (χ3n) is 4.33. The molecule has 0 spiro atoms. The van der Waals surface area contributed by atoms with Crippen LogP contribution >= 0.6 is 0 Å². The molecule has 0 heterocycles. The van der Waals surface area contributed by atoms with Crippen molar-refractivity contribution in [1.29, 1.82) is 0 Å². The highest BCUT2D eigenvalue weighted by Gasteiger charge is 1.99. The van der Waals surface area contributed by atoms with E-state index in [2.05, 4.69) is 13.8 Å². The lowest BCUT2D eigenvalue weighted by Gasteiger charge is -2.06. The van der Waals surface area contributed by atoms with E-state index < -0.39 is 0 Å². The van der Waals surface area contributed by atoms with Gasteiger partial charge in [0.2, 0.25) is 0 Å². The lowest BCUT2D eigenvalue weighted by molar-refractivity contribution is 0.257. The lowest BCUT2D eigenvalue weighted by atomic mass is 10.1. The zero-order chi connectivity index (χ0) is 18.5. The zero-order valence-corrected chi connectivity index (χ0v) is 16.5. The van der Waals surface area contributed by atoms with Gasteiger partial charge in [-0.05, 0) is 12.8 Å². The molecule has 0 radical (unpaired) electrons. The van der Waals surface area contributed by atoms with Gasteiger partial charge in [0.25, 0.3) is 0 Å². The first-order valence-electron chi connectivity index (χ1n) is 10.3. The fraction of sp³-hybridized carbons (Fsp3) is 1.00. The molecule has 0 aromatic carbocycles. The number of hydrogen-bond donors (Lipinski definition) is 4. The molecule has 0 aliphatic rings. The second-order valence-corrected chi connectivity index (χ2v) is 7.00. The maximum Gasteiger partial charge on any atom is 0.0582 e. The number of unbranched alkanes of at least 4 members (excludes halogenated alkanes) is 10. The number of hydrogen-bond acceptors (Lipinski definition) is 4. The minimum absolute atomic E-state index is 0.00934. The van der Waals surface area contributed by atoms with Crippen LogP contribution in [0.2, 0.25) is 0 Å². The summed E-state index contributed by atoms with van der Waals surface area (Å²) in [6.45, 7) is 4.70. The predicted molar refractivity (Wildman–Crippen MR) is 106 cm³/mol. The third-order valence-corrected chi connectivity index (χ3v) is 4.33. The minimum Gasteiger partial charge on any atom is -0.395 e. The van der Waals surface area contributed by atoms with Crippen molar-refractivity contribution in [2.45, 2.75) is 116 Å². The maximum absolute atomic E-state index is 8.71. The smallest absolute Gasteiger partial charge is 0.0582 e. The summed E-state index contributed by atoms with van der Waals surface area (Å²) in [6, 6.07) is 0.0203. The van der Waals surface area contributed by atoms with Crippen LogP contribution in [-0.4, -0.2) is 35.5 Å². The molecule has 0 amide bonds. The van der Waals surface area contributed by atoms with Gasteiger partial charge in [-0.2, -0.15) is 0 Å². The van der Waals surface area contributed by atoms with Gasteiger partial charge in [0, 0.05) is 12.1 Å². The molecule has 6 N–H and O–H groups in total. The Labute approximate surface area is 151 Å². The maximum atomic E-state index is 8.71. The molecule has 2 unspecified atom stereocenters. The molecule has 4 nitrogen and oxygen atoms in total. The van der Waals surface area contributed by atoms with Gasteiger partial charge in [0.05, 0.1) is 13.2 Å². The first-order valence-corrected chi connectivity index (χ1v) is 10.3. The average Bonchev–Trinajstić information content (AvgIpc) is 2.61. The summed E-state index contributed by atoms with van der Waals surface area (Å²) >= 11 is 0. The number of rotatable bonds is 16. The van der Waals surface area contributed by atoms with Gasteiger partial charge in [-0.25, -0.2) is 0 Å². The second-order valence-electron chi connectivity index (χ2n) is 7.00. The van der Waals surface area contributed by atoms with E-state index in [4.69, 9.17) is 21.7 Å². The van der Waals surface area contributed by atoms with Crippen molar-refractivity contribution in [3.05, 3.63) is 0 Å². The van der Waals surface area contributed by atoms with Crippen LogP contribution in [0.3, 0.4) is 0 Å². The molecule has 0 saturated heterocycles. The van der Waals surface area contributed by atoms with Gasteiger partial charge in [-0.1, -0.05) is 90.9 Å². The van der Waals surface area contributed by atoms with Crippen molar-refractivity contribution in [3.8, 4) is 0 Å². The fourth-order valence-corrected chi connectivity index (χ4v) is 2.56. The highest BCUT2D eigenvalue weighted by Crippen LogP contribution is 2.10. The largest absolute Gasteiger partial charge is 0.395 e. The summed E-state index contributed by atoms with van der Waals surface area (Å²) in [6.07, 6.45) is 17.6. The van der Waals surface area contributed by atoms with E-state index >= 15 is 0 Å². The van der Waals surface area contributed by atoms with Crippen LogP contribution in [-0.2, 0) is 0 Å². The minimum atomic E-state index is 0.00934. The zero-order valence-electron chi connectivity index (χ0n) is 16.5. The van der Waals surface area contributed by atoms with E-state index in [0.29, 0.717) is 0 Å². The van der Waals surface area contributed by atoms with Gasteiger partial charge in [-0.15, -0.1) is 0 Å². The van der Waals surface area contributed by atoms with Crippen molar-refractivity contribution in [1.82, 2.24) is 0 Å². The van der Waals surface area contributed by atoms with Crippen LogP contribution in [0.25, 0.3) is 0 Å². The summed E-state index contributed by atoms with van der Waals surface area (Å²) in [5.41, 5.74) is 11.1. The molecule has 0 saturated carbocycles. The molecule has 0 bridgehead atoms. The van der Waals surface area contributed by atoms with E-state index in [1.165, 1.54) is 70.6 Å². The van der Waals surface area contributed by atoms with Gasteiger partial charge < -0.3 is 21.7 Å². The highest BCUT2D eigenvalue weighted by molar-refractivity contribution is 4.59. The molecule has 0 fully saturated rings. The SMILES string of the molecule is CCCCCCC(N)CO.CCCCCCCCCCC(N)CO. The van der Waals surface area contributed by atoms with Crippen molar-refractivity contribution >= 4 is 0 Å². The van der Waals surface area contributed by atoms with E-state index in [1.54, 1.807) is 0 Å². The van der Waals surface area contributed by atoms with Crippen LogP contribution in [0.4, 0.5) is 0 Å². The summed E-state index contributed by atoms with van der Waals surface area (Å²) in [7, 11) is 0. The Morgan fingerprint density at radius 3 is 1.17 bits per heavy atom. The first kappa shape index (κ1) is 26.1. The summed E-state index contributed by atoms with van der Waals surface area (Å²) in [4.78, 5) is 0. The van der Waals surface area contributed by atoms with E-state index in [1.807, 2.05) is 0 Å². The molecule has 0 aliphatic heterocycles. The first-order chi connectivity index (χ1) is 11.6. The monoisotopic (exact) mass is 346 g/mol. The highest BCUT2D eigenvalue weighted by atomic mass is 16.3. The Kier molecular flexibility index (Phi) is 24.8. The number of aliphatic hydroxyl groups is 2. The summed E-state index contributed by atoms with van der Waals surface area (Å²) in [5, 5.41) is 17.3. The van der Waals surface area contributed by atoms with E-state index in [-0.39, 0.29) is 25.3 Å². The molecule has 2 atom stereocenters. The Morgan fingerprint density at radius 2 is 0.833 bits per heavy atom. The standard InChI is InChI=1S/C12H27NO.C8H19NO/c1-2-3-4-5-6-7-8-9-10-12(13)11-14;1-2-3-4-5-6-8(9)7-10/h12,14H,2-11,13H2,1H3;8,10H,2-7,9H2,1H3. The predicted octanol–water partition coefficient (Wildman–Crippen LogP) is 4.11. The van der Waals surface area contributed by atoms with Gasteiger partial charge in [0.1, 0.15) is 0 Å². The third kappa shape index (κ3) is 24.1. The molecule has 148 valence electrons. The molecule has 0 aromatic heterocycles. The van der Waals surface area contributed by atoms with Crippen molar-refractivity contribution < 1.29 is 10.2 Å². The Bertz CT molecular complexity index is 216. The molecule has 0 aliphatic carbocycles. The normalized spacial score (nSPS) is 13.2. The van der Waals surface area contributed by atoms with Crippen LogP contribution < -0.4 is 11.5 Å². The molecular formula is C20H46N2O2. The molecule has 24 heavy (non-hydrogen) atoms. The Morgan fingerprint density at radius 1 is 0.542 bits per heavy atom. The Hall–Kier alpha value is -0.160. The van der Waals surface area contributed by atoms with Crippen molar-refractivity contribution in [2.75, 3.05) is 13.2 Å². The van der Waals surface area contributed by atoms with Gasteiger partial charge >= 0.3 is 0 Å². The fourth-order valence-electron chi connectivity index (χ4n) is 2.56. The lowest BCUT2D eigenvalue weighted by Crippen LogP contribution is -2.23. The Balaban J connectivity index is 0. The van der Waals surface area contributed by atoms with Crippen LogP contribution in [0, 0.1) is 0 Å². The quantitative estimate of drug-likeness (QED) is 0.316. The molecule has 0 rings (SSSR count). The number of aliphatic hydroxyl groups excluding tert-OH is 2. The summed E-state index contributed by atoms with van der Waals surface area (Å²) in [5.74, 6) is 0. The summed E-state index contributed by atoms with van der Waals surface area (Å²) < 4.78 is 0. The number of nitrogens with two attached hydrogens (primary N) is 2. The van der Waals surface area contributed by atoms with Crippen molar-refractivity contribution in [3.63, 3.8) is 0 Å². The second kappa shape index (κ2) is 22.8. The van der Waals surface area contributed by atoms with E-state index in [9.17, 15) is 0 Å². The molecule has 0 aromatic rings. The van der Waals surface area contributed by atoms with Crippen molar-refractivity contribution in [2.24, 2.45) is 11.5 Å². The molecular weight excluding hydrogens is 300 g/mol.